The molecule has 20 nitrogen and oxygen atoms in total. The number of nitriles is 1. The number of cyclic esters (lactones) is 2. The molecule has 23 heteroatoms. The van der Waals surface area contributed by atoms with Gasteiger partial charge in [-0.15, -0.1) is 22.7 Å². The number of aliphatic hydroxyl groups is 1. The Kier molecular flexibility index (Phi) is 38.8. The van der Waals surface area contributed by atoms with E-state index in [1.807, 2.05) is 80.6 Å². The molecule has 6 aromatic rings. The molecule has 0 amide bonds. The van der Waals surface area contributed by atoms with Gasteiger partial charge in [0.25, 0.3) is 0 Å². The number of thiophene rings is 2. The first-order valence-corrected chi connectivity index (χ1v) is 34.5. The van der Waals surface area contributed by atoms with Gasteiger partial charge >= 0.3 is 47.5 Å². The van der Waals surface area contributed by atoms with E-state index in [9.17, 15) is 29.5 Å². The molecule has 1 saturated heterocycles. The fourth-order valence-electron chi connectivity index (χ4n) is 10.4. The number of ether oxygens (including phenoxy) is 4. The summed E-state index contributed by atoms with van der Waals surface area (Å²) in [4.78, 5) is 61.1. The molecule has 1 fully saturated rings. The summed E-state index contributed by atoms with van der Waals surface area (Å²) in [6.45, 7) is 37.9. The molecular formula is C74H89N10NaO10S2. The first kappa shape index (κ1) is 81.4. The normalized spacial score (nSPS) is 12.6. The summed E-state index contributed by atoms with van der Waals surface area (Å²) >= 11 is 2.35. The molecule has 0 bridgehead atoms. The summed E-state index contributed by atoms with van der Waals surface area (Å²) in [5.41, 5.74) is 9.55. The standard InChI is InChI=1S/C37H45N5O5S.C25H25N5O2S.C12H20O3.Na/c1-5-6-7-8-9-13-16-30(37(44)45)24-34(43)47-22-21-46-20-19-42(26-29-14-11-10-12-15-29)31-17-18-32(27(2)23-31)40-41-36-35(39-4)28(3)33(25-38)48-36;1-18-16-21(30(12-14-32-15-13-31)17-20-8-6-5-7-9-20)10-11-22(18)28-29-25-23(26-3)19(2)24(27-4)33-25;1-2-3-4-5-6-7-8-10-9-11(13)15-12(10)14;/h10-12,14-15,17-18,23,30H,5-9,13,16,19-22,24,26H2,1-3H3,(H,44,45);5-11,16,31H,12-15,17H2,1-2H3;10H,2-9H2,1H3;/q;;;+1/p-1. The number of rotatable bonds is 38. The van der Waals surface area contributed by atoms with Gasteiger partial charge in [0, 0.05) is 49.4 Å². The number of aliphatic carboxylic acids is 1. The number of carboxylic acids is 1. The van der Waals surface area contributed by atoms with E-state index in [0.717, 1.165) is 97.3 Å². The first-order valence-electron chi connectivity index (χ1n) is 32.9. The van der Waals surface area contributed by atoms with Crippen molar-refractivity contribution in [2.45, 2.75) is 157 Å². The van der Waals surface area contributed by atoms with Crippen molar-refractivity contribution in [1.29, 1.82) is 5.26 Å². The van der Waals surface area contributed by atoms with Crippen LogP contribution in [0.5, 0.6) is 0 Å². The van der Waals surface area contributed by atoms with Crippen LogP contribution in [-0.4, -0.2) is 81.7 Å². The Morgan fingerprint density at radius 1 is 0.670 bits per heavy atom. The Morgan fingerprint density at radius 3 is 1.65 bits per heavy atom. The molecular weight excluding hydrogens is 1280 g/mol. The van der Waals surface area contributed by atoms with Gasteiger partial charge in [-0.05, 0) is 103 Å². The molecule has 508 valence electrons. The third-order valence-electron chi connectivity index (χ3n) is 15.9. The van der Waals surface area contributed by atoms with Crippen molar-refractivity contribution >= 4 is 95.7 Å². The number of nitrogens with zero attached hydrogens (tertiary/aromatic N) is 10. The predicted molar refractivity (Wildman–Crippen MR) is 375 cm³/mol. The zero-order valence-electron chi connectivity index (χ0n) is 57.2. The van der Waals surface area contributed by atoms with Gasteiger partial charge < -0.3 is 43.8 Å². The van der Waals surface area contributed by atoms with E-state index in [0.29, 0.717) is 106 Å². The summed E-state index contributed by atoms with van der Waals surface area (Å²) in [6, 6.07) is 34.2. The molecule has 3 heterocycles. The molecule has 7 rings (SSSR count). The molecule has 97 heavy (non-hydrogen) atoms. The Balaban J connectivity index is 0.000000350. The van der Waals surface area contributed by atoms with Gasteiger partial charge in [-0.1, -0.05) is 158 Å². The van der Waals surface area contributed by atoms with Crippen molar-refractivity contribution in [3.8, 4) is 6.07 Å². The average molecular weight is 1370 g/mol. The number of aryl methyl sites for hydroxylation is 2. The van der Waals surface area contributed by atoms with Crippen molar-refractivity contribution in [2.75, 3.05) is 62.5 Å². The molecule has 2 atom stereocenters. The third-order valence-corrected chi connectivity index (χ3v) is 18.0. The van der Waals surface area contributed by atoms with E-state index in [4.69, 9.17) is 39.0 Å². The smallest absolute Gasteiger partial charge is 0.550 e. The van der Waals surface area contributed by atoms with Crippen LogP contribution < -0.4 is 44.5 Å². The van der Waals surface area contributed by atoms with Gasteiger partial charge in [-0.3, -0.25) is 14.4 Å². The van der Waals surface area contributed by atoms with Crippen LogP contribution in [0.1, 0.15) is 155 Å². The average Bonchev–Trinajstić information content (AvgIpc) is 1.90. The quantitative estimate of drug-likeness (QED) is 0.00948. The Bertz CT molecular complexity index is 3670. The molecule has 0 radical (unpaired) electrons. The SMILES string of the molecule is CCCCCCCCC1CC(=O)OC1=O.[C-]#[N+]c1c(N=Nc2ccc(N(CCOCCOC(=O)CC(CCCCCCCC)C(=O)[O-])Cc3ccccc3)cc2C)sc(C#N)c1C.[C-]#[N+]c1sc(N=Nc2ccc(N(CCOCCO)Cc3ccccc3)cc2C)c([N+]#[C-])c1C.[Na+]. The van der Waals surface area contributed by atoms with Crippen molar-refractivity contribution in [2.24, 2.45) is 32.3 Å². The fraction of sp³-hybridized carbons (Fsp3) is 0.459. The second kappa shape index (κ2) is 46.3. The summed E-state index contributed by atoms with van der Waals surface area (Å²) in [6.07, 6.45) is 14.9. The van der Waals surface area contributed by atoms with Crippen molar-refractivity contribution in [3.05, 3.63) is 170 Å². The molecule has 0 spiro atoms. The van der Waals surface area contributed by atoms with Crippen molar-refractivity contribution in [1.82, 2.24) is 0 Å². The van der Waals surface area contributed by atoms with E-state index >= 15 is 0 Å². The Hall–Kier alpha value is -8.00. The topological polar surface area (TPSA) is 241 Å². The zero-order valence-corrected chi connectivity index (χ0v) is 60.8. The van der Waals surface area contributed by atoms with Crippen LogP contribution in [0.15, 0.2) is 118 Å². The Morgan fingerprint density at radius 2 is 1.18 bits per heavy atom. The van der Waals surface area contributed by atoms with Gasteiger partial charge in [0.2, 0.25) is 16.4 Å². The number of azo groups is 2. The minimum atomic E-state index is -1.21. The Labute approximate surface area is 602 Å². The first-order chi connectivity index (χ1) is 46.6. The molecule has 0 saturated carbocycles. The minimum absolute atomic E-state index is 0. The maximum Gasteiger partial charge on any atom is 1.00 e. The number of benzene rings is 4. The van der Waals surface area contributed by atoms with E-state index < -0.39 is 17.9 Å². The fourth-order valence-corrected chi connectivity index (χ4v) is 12.1. The van der Waals surface area contributed by atoms with E-state index in [-0.39, 0.29) is 73.7 Å². The summed E-state index contributed by atoms with van der Waals surface area (Å²) < 4.78 is 21.0. The molecule has 1 aliphatic heterocycles. The number of esters is 3. The van der Waals surface area contributed by atoms with Crippen LogP contribution in [0.3, 0.4) is 0 Å². The van der Waals surface area contributed by atoms with Gasteiger partial charge in [-0.25, -0.2) is 14.5 Å². The van der Waals surface area contributed by atoms with E-state index in [1.54, 1.807) is 13.8 Å². The van der Waals surface area contributed by atoms with Crippen LogP contribution in [-0.2, 0) is 51.2 Å². The molecule has 2 unspecified atom stereocenters. The number of carbonyl (C=O) groups is 4. The number of hydrogen-bond acceptors (Lipinski definition) is 19. The van der Waals surface area contributed by atoms with Crippen molar-refractivity contribution in [3.63, 3.8) is 0 Å². The number of hydrogen-bond donors (Lipinski definition) is 1. The second-order valence-electron chi connectivity index (χ2n) is 23.2. The predicted octanol–water partition coefficient (Wildman–Crippen LogP) is 15.0. The monoisotopic (exact) mass is 1360 g/mol. The van der Waals surface area contributed by atoms with Crippen LogP contribution in [0.4, 0.5) is 49.1 Å². The van der Waals surface area contributed by atoms with Gasteiger partial charge in [0.05, 0.1) is 87.8 Å². The van der Waals surface area contributed by atoms with Crippen molar-refractivity contribution < 1.29 is 77.9 Å². The van der Waals surface area contributed by atoms with Gasteiger partial charge in [0.15, 0.2) is 0 Å². The van der Waals surface area contributed by atoms with Crippen LogP contribution in [0.25, 0.3) is 14.5 Å². The summed E-state index contributed by atoms with van der Waals surface area (Å²) in [7, 11) is 0. The molecule has 4 aromatic carbocycles. The number of unbranched alkanes of at least 4 members (excludes halogenated alkanes) is 10. The second-order valence-corrected chi connectivity index (χ2v) is 25.2. The third kappa shape index (κ3) is 28.5. The van der Waals surface area contributed by atoms with Gasteiger partial charge in [-0.2, -0.15) is 25.7 Å². The van der Waals surface area contributed by atoms with Crippen LogP contribution in [0.2, 0.25) is 0 Å². The number of anilines is 2. The summed E-state index contributed by atoms with van der Waals surface area (Å²) in [5.74, 6) is -3.40. The summed E-state index contributed by atoms with van der Waals surface area (Å²) in [5, 5.41) is 48.5. The maximum absolute atomic E-state index is 12.3. The molecule has 0 aliphatic carbocycles. The van der Waals surface area contributed by atoms with Crippen LogP contribution in [0, 0.1) is 70.6 Å². The number of carboxylic acid groups (broad SMARTS) is 1. The maximum atomic E-state index is 12.3. The zero-order chi connectivity index (χ0) is 69.5. The largest absolute Gasteiger partial charge is 1.00 e. The number of aliphatic hydroxyl groups excluding tert-OH is 1. The number of carbonyl (C=O) groups excluding carboxylic acids is 4. The van der Waals surface area contributed by atoms with Crippen LogP contribution >= 0.6 is 22.7 Å². The molecule has 1 N–H and O–H groups in total. The molecule has 1 aliphatic rings. The van der Waals surface area contributed by atoms with Gasteiger partial charge in [0.1, 0.15) is 22.7 Å². The molecule has 2 aromatic heterocycles. The van der Waals surface area contributed by atoms with E-state index in [2.05, 4.69) is 99.8 Å². The minimum Gasteiger partial charge on any atom is -0.550 e. The van der Waals surface area contributed by atoms with E-state index in [1.165, 1.54) is 49.0 Å².